The minimum Gasteiger partial charge on any atom is -0.492 e. The monoisotopic (exact) mass is 244 g/mol. The van der Waals surface area contributed by atoms with Crippen molar-refractivity contribution in [3.8, 4) is 0 Å². The second-order valence-corrected chi connectivity index (χ2v) is 4.01. The van der Waals surface area contributed by atoms with Gasteiger partial charge in [-0.05, 0) is 11.6 Å². The molecule has 0 unspecified atom stereocenters. The molecule has 1 aliphatic heterocycles. The first kappa shape index (κ1) is 12.4. The van der Waals surface area contributed by atoms with Gasteiger partial charge in [0.15, 0.2) is 0 Å². The second-order valence-electron chi connectivity index (χ2n) is 4.01. The van der Waals surface area contributed by atoms with Crippen molar-refractivity contribution >= 4 is 11.5 Å². The Morgan fingerprint density at radius 1 is 1.33 bits per heavy atom. The van der Waals surface area contributed by atoms with E-state index >= 15 is 0 Å². The zero-order valence-corrected chi connectivity index (χ0v) is 10.6. The molecule has 3 heteroatoms. The van der Waals surface area contributed by atoms with Gasteiger partial charge in [-0.1, -0.05) is 37.3 Å². The molecule has 0 spiro atoms. The maximum absolute atomic E-state index is 11.5. The molecule has 1 aromatic carbocycles. The summed E-state index contributed by atoms with van der Waals surface area (Å²) in [5.41, 5.74) is 2.56. The number of methoxy groups -OCH3 is 1. The lowest BCUT2D eigenvalue weighted by molar-refractivity contribution is -0.136. The van der Waals surface area contributed by atoms with Gasteiger partial charge in [0.25, 0.3) is 0 Å². The Hall–Kier alpha value is -2.03. The Morgan fingerprint density at radius 3 is 2.67 bits per heavy atom. The van der Waals surface area contributed by atoms with Gasteiger partial charge in [0.05, 0.1) is 12.7 Å². The molecule has 0 saturated heterocycles. The molecule has 0 amide bonds. The normalized spacial score (nSPS) is 14.9. The lowest BCUT2D eigenvalue weighted by atomic mass is 9.99. The maximum Gasteiger partial charge on any atom is 0.337 e. The van der Waals surface area contributed by atoms with Crippen LogP contribution in [-0.2, 0) is 14.3 Å². The Balaban J connectivity index is 2.43. The summed E-state index contributed by atoms with van der Waals surface area (Å²) in [7, 11) is 1.38. The van der Waals surface area contributed by atoms with E-state index in [1.807, 2.05) is 43.3 Å². The summed E-state index contributed by atoms with van der Waals surface area (Å²) in [6.07, 6.45) is 2.67. The second kappa shape index (κ2) is 5.54. The van der Waals surface area contributed by atoms with Gasteiger partial charge in [0.2, 0.25) is 0 Å². The van der Waals surface area contributed by atoms with Crippen LogP contribution in [0.5, 0.6) is 0 Å². The molecule has 0 atom stereocenters. The highest BCUT2D eigenvalue weighted by atomic mass is 16.5. The summed E-state index contributed by atoms with van der Waals surface area (Å²) in [6.45, 7) is 2.32. The van der Waals surface area contributed by atoms with E-state index in [2.05, 4.69) is 0 Å². The van der Waals surface area contributed by atoms with Crippen LogP contribution < -0.4 is 0 Å². The predicted octanol–water partition coefficient (Wildman–Crippen LogP) is 2.94. The number of hydrogen-bond donors (Lipinski definition) is 0. The minimum atomic E-state index is -0.335. The molecule has 1 aliphatic rings. The zero-order valence-electron chi connectivity index (χ0n) is 10.6. The quantitative estimate of drug-likeness (QED) is 0.767. The molecule has 1 aromatic rings. The van der Waals surface area contributed by atoms with Gasteiger partial charge in [-0.2, -0.15) is 0 Å². The Morgan fingerprint density at radius 2 is 2.06 bits per heavy atom. The van der Waals surface area contributed by atoms with Gasteiger partial charge in [-0.25, -0.2) is 4.79 Å². The van der Waals surface area contributed by atoms with Crippen molar-refractivity contribution in [2.75, 3.05) is 13.7 Å². The van der Waals surface area contributed by atoms with Crippen LogP contribution >= 0.6 is 0 Å². The van der Waals surface area contributed by atoms with Crippen LogP contribution in [0.4, 0.5) is 0 Å². The summed E-state index contributed by atoms with van der Waals surface area (Å²) in [5.74, 6) is 0.576. The van der Waals surface area contributed by atoms with Crippen LogP contribution in [0.2, 0.25) is 0 Å². The lowest BCUT2D eigenvalue weighted by Crippen LogP contribution is -2.15. The first-order chi connectivity index (χ1) is 8.76. The molecule has 0 bridgehead atoms. The average Bonchev–Trinajstić information content (AvgIpc) is 2.46. The molecule has 18 heavy (non-hydrogen) atoms. The highest BCUT2D eigenvalue weighted by Crippen LogP contribution is 2.28. The summed E-state index contributed by atoms with van der Waals surface area (Å²) in [5, 5.41) is 0. The van der Waals surface area contributed by atoms with Crippen LogP contribution in [0.1, 0.15) is 18.9 Å². The molecular weight excluding hydrogens is 228 g/mol. The summed E-state index contributed by atoms with van der Waals surface area (Å²) in [4.78, 5) is 11.5. The fraction of sp³-hybridized carbons (Fsp3) is 0.267. The topological polar surface area (TPSA) is 35.5 Å². The molecule has 0 radical (unpaired) electrons. The standard InChI is InChI=1S/C15H16O3/c1-3-14-13(11-7-5-4-6-8-11)9-12(10-18-14)15(16)17-2/h4-9H,3,10H2,1-2H3. The fourth-order valence-electron chi connectivity index (χ4n) is 1.94. The largest absolute Gasteiger partial charge is 0.492 e. The minimum absolute atomic E-state index is 0.284. The molecule has 0 aromatic heterocycles. The fourth-order valence-corrected chi connectivity index (χ4v) is 1.94. The van der Waals surface area contributed by atoms with Crippen LogP contribution in [-0.4, -0.2) is 19.7 Å². The number of allylic oxidation sites excluding steroid dienone is 3. The van der Waals surface area contributed by atoms with E-state index in [1.54, 1.807) is 0 Å². The van der Waals surface area contributed by atoms with Crippen LogP contribution in [0.25, 0.3) is 5.57 Å². The van der Waals surface area contributed by atoms with Crippen LogP contribution in [0.3, 0.4) is 0 Å². The van der Waals surface area contributed by atoms with E-state index in [1.165, 1.54) is 7.11 Å². The summed E-state index contributed by atoms with van der Waals surface area (Å²) in [6, 6.07) is 9.91. The lowest BCUT2D eigenvalue weighted by Gasteiger charge is -2.20. The number of carbonyl (C=O) groups excluding carboxylic acids is 1. The zero-order chi connectivity index (χ0) is 13.0. The highest BCUT2D eigenvalue weighted by molar-refractivity contribution is 5.94. The van der Waals surface area contributed by atoms with Gasteiger partial charge >= 0.3 is 5.97 Å². The van der Waals surface area contributed by atoms with Crippen molar-refractivity contribution in [1.82, 2.24) is 0 Å². The van der Waals surface area contributed by atoms with Crippen molar-refractivity contribution in [3.05, 3.63) is 53.3 Å². The van der Waals surface area contributed by atoms with Crippen molar-refractivity contribution in [3.63, 3.8) is 0 Å². The van der Waals surface area contributed by atoms with Gasteiger partial charge < -0.3 is 9.47 Å². The number of carbonyl (C=O) groups is 1. The van der Waals surface area contributed by atoms with E-state index in [9.17, 15) is 4.79 Å². The molecule has 0 aliphatic carbocycles. The molecule has 1 heterocycles. The molecule has 0 N–H and O–H groups in total. The third kappa shape index (κ3) is 2.45. The van der Waals surface area contributed by atoms with Crippen LogP contribution in [0.15, 0.2) is 47.7 Å². The summed E-state index contributed by atoms with van der Waals surface area (Å²) < 4.78 is 10.4. The van der Waals surface area contributed by atoms with E-state index in [-0.39, 0.29) is 12.6 Å². The van der Waals surface area contributed by atoms with E-state index in [0.717, 1.165) is 23.3 Å². The van der Waals surface area contributed by atoms with Gasteiger partial charge in [0, 0.05) is 12.0 Å². The van der Waals surface area contributed by atoms with E-state index < -0.39 is 0 Å². The van der Waals surface area contributed by atoms with Gasteiger partial charge in [0.1, 0.15) is 12.4 Å². The number of hydrogen-bond acceptors (Lipinski definition) is 3. The van der Waals surface area contributed by atoms with E-state index in [4.69, 9.17) is 9.47 Å². The van der Waals surface area contributed by atoms with Crippen molar-refractivity contribution in [1.29, 1.82) is 0 Å². The number of benzene rings is 1. The highest BCUT2D eigenvalue weighted by Gasteiger charge is 2.19. The van der Waals surface area contributed by atoms with Crippen LogP contribution in [0, 0.1) is 0 Å². The smallest absolute Gasteiger partial charge is 0.337 e. The Labute approximate surface area is 107 Å². The van der Waals surface area contributed by atoms with Crippen molar-refractivity contribution in [2.24, 2.45) is 0 Å². The molecule has 2 rings (SSSR count). The first-order valence-corrected chi connectivity index (χ1v) is 5.96. The van der Waals surface area contributed by atoms with Gasteiger partial charge in [-0.15, -0.1) is 0 Å². The average molecular weight is 244 g/mol. The van der Waals surface area contributed by atoms with Crippen molar-refractivity contribution in [2.45, 2.75) is 13.3 Å². The number of esters is 1. The number of rotatable bonds is 3. The Bertz CT molecular complexity index is 498. The Kier molecular flexibility index (Phi) is 3.82. The van der Waals surface area contributed by atoms with Crippen molar-refractivity contribution < 1.29 is 14.3 Å². The number of ether oxygens (including phenoxy) is 2. The SMILES string of the molecule is CCC1=C(c2ccccc2)C=C(C(=O)OC)CO1. The predicted molar refractivity (Wildman–Crippen MR) is 69.7 cm³/mol. The van der Waals surface area contributed by atoms with Gasteiger partial charge in [-0.3, -0.25) is 0 Å². The molecule has 94 valence electrons. The summed E-state index contributed by atoms with van der Waals surface area (Å²) >= 11 is 0. The molecule has 0 fully saturated rings. The molecular formula is C15H16O3. The third-order valence-electron chi connectivity index (χ3n) is 2.87. The third-order valence-corrected chi connectivity index (χ3v) is 2.87. The molecule has 0 saturated carbocycles. The molecule has 3 nitrogen and oxygen atoms in total. The maximum atomic E-state index is 11.5. The van der Waals surface area contributed by atoms with E-state index in [0.29, 0.717) is 5.57 Å². The first-order valence-electron chi connectivity index (χ1n) is 5.96.